The molecule has 0 unspecified atom stereocenters. The van der Waals surface area contributed by atoms with Crippen LogP contribution in [0.3, 0.4) is 0 Å². The molecule has 102 valence electrons. The monoisotopic (exact) mass is 269 g/mol. The summed E-state index contributed by atoms with van der Waals surface area (Å²) in [6, 6.07) is 7.14. The Morgan fingerprint density at radius 2 is 2.00 bits per heavy atom. The fourth-order valence-corrected chi connectivity index (χ4v) is 2.57. The molecule has 0 saturated carbocycles. The van der Waals surface area contributed by atoms with Crippen molar-refractivity contribution in [3.63, 3.8) is 0 Å². The molecule has 0 amide bonds. The lowest BCUT2D eigenvalue weighted by atomic mass is 9.89. The molecule has 0 spiro atoms. The van der Waals surface area contributed by atoms with Crippen LogP contribution in [0.1, 0.15) is 41.2 Å². The number of carbonyl (C=O) groups is 1. The van der Waals surface area contributed by atoms with E-state index in [9.17, 15) is 10.0 Å². The highest BCUT2D eigenvalue weighted by Gasteiger charge is 2.32. The van der Waals surface area contributed by atoms with Gasteiger partial charge in [0, 0.05) is 17.7 Å². The summed E-state index contributed by atoms with van der Waals surface area (Å²) >= 11 is 0. The van der Waals surface area contributed by atoms with E-state index < -0.39 is 0 Å². The number of nitrogens with zero attached hydrogens (tertiary/aromatic N) is 3. The first-order valence-corrected chi connectivity index (χ1v) is 6.55. The maximum Gasteiger partial charge on any atom is 0.212 e. The highest BCUT2D eigenvalue weighted by molar-refractivity contribution is 6.28. The van der Waals surface area contributed by atoms with Crippen LogP contribution in [-0.4, -0.2) is 26.3 Å². The molecular weight excluding hydrogens is 254 g/mol. The molecule has 1 N–H and O–H groups in total. The zero-order chi connectivity index (χ0) is 14.3. The molecule has 1 aromatic carbocycles. The van der Waals surface area contributed by atoms with E-state index in [4.69, 9.17) is 0 Å². The molecule has 2 aromatic rings. The predicted octanol–water partition coefficient (Wildman–Crippen LogP) is 2.31. The third kappa shape index (κ3) is 1.74. The number of ketones is 1. The maximum atomic E-state index is 12.6. The first-order valence-electron chi connectivity index (χ1n) is 6.55. The Bertz CT molecular complexity index is 714. The zero-order valence-corrected chi connectivity index (χ0v) is 11.4. The third-order valence-corrected chi connectivity index (χ3v) is 3.37. The molecule has 1 aliphatic carbocycles. The zero-order valence-electron chi connectivity index (χ0n) is 11.4. The van der Waals surface area contributed by atoms with E-state index in [0.29, 0.717) is 40.7 Å². The minimum absolute atomic E-state index is 0.0684. The van der Waals surface area contributed by atoms with Gasteiger partial charge in [-0.1, -0.05) is 43.3 Å². The highest BCUT2D eigenvalue weighted by atomic mass is 16.4. The van der Waals surface area contributed by atoms with Crippen LogP contribution in [0, 0.1) is 5.92 Å². The molecule has 1 heterocycles. The fraction of sp³-hybridized carbons (Fsp3) is 0.267. The van der Waals surface area contributed by atoms with Crippen molar-refractivity contribution in [3.8, 4) is 0 Å². The quantitative estimate of drug-likeness (QED) is 0.573. The average Bonchev–Trinajstić information content (AvgIpc) is 2.83. The van der Waals surface area contributed by atoms with Crippen LogP contribution < -0.4 is 0 Å². The fourth-order valence-electron chi connectivity index (χ4n) is 2.57. The Labute approximate surface area is 116 Å². The van der Waals surface area contributed by atoms with Crippen LogP contribution in [0.5, 0.6) is 0 Å². The minimum atomic E-state index is -0.0684. The Kier molecular flexibility index (Phi) is 2.89. The number of carbonyl (C=O) groups excluding carboxylic acids is 1. The van der Waals surface area contributed by atoms with Gasteiger partial charge >= 0.3 is 0 Å². The highest BCUT2D eigenvalue weighted by Crippen LogP contribution is 2.27. The van der Waals surface area contributed by atoms with Gasteiger partial charge < -0.3 is 9.77 Å². The molecule has 0 saturated heterocycles. The maximum absolute atomic E-state index is 12.6. The summed E-state index contributed by atoms with van der Waals surface area (Å²) < 4.78 is 1.84. The van der Waals surface area contributed by atoms with Crippen LogP contribution in [0.4, 0.5) is 0 Å². The van der Waals surface area contributed by atoms with Crippen molar-refractivity contribution in [2.75, 3.05) is 0 Å². The summed E-state index contributed by atoms with van der Waals surface area (Å²) in [4.78, 5) is 16.9. The molecule has 20 heavy (non-hydrogen) atoms. The smallest absolute Gasteiger partial charge is 0.212 e. The first-order chi connectivity index (χ1) is 9.63. The van der Waals surface area contributed by atoms with E-state index in [0.717, 1.165) is 0 Å². The van der Waals surface area contributed by atoms with Gasteiger partial charge in [-0.15, -0.1) is 0 Å². The SMILES string of the molecule is CC(C)Cn1cnc2c1C(=O)c1ccccc1C2=NO. The summed E-state index contributed by atoms with van der Waals surface area (Å²) in [5.41, 5.74) is 2.50. The molecule has 0 fully saturated rings. The van der Waals surface area contributed by atoms with Crippen molar-refractivity contribution in [3.05, 3.63) is 53.1 Å². The van der Waals surface area contributed by atoms with E-state index >= 15 is 0 Å². The number of benzene rings is 1. The second-order valence-corrected chi connectivity index (χ2v) is 5.31. The lowest BCUT2D eigenvalue weighted by molar-refractivity contribution is 0.102. The molecular formula is C15H15N3O2. The van der Waals surface area contributed by atoms with Crippen molar-refractivity contribution >= 4 is 11.5 Å². The van der Waals surface area contributed by atoms with Crippen molar-refractivity contribution in [1.29, 1.82) is 0 Å². The number of aromatic nitrogens is 2. The van der Waals surface area contributed by atoms with E-state index in [-0.39, 0.29) is 5.78 Å². The number of fused-ring (bicyclic) bond motifs is 2. The van der Waals surface area contributed by atoms with Crippen molar-refractivity contribution in [2.45, 2.75) is 20.4 Å². The number of hydrogen-bond donors (Lipinski definition) is 1. The summed E-state index contributed by atoms with van der Waals surface area (Å²) in [6.07, 6.45) is 1.64. The lowest BCUT2D eigenvalue weighted by Crippen LogP contribution is -2.24. The summed E-state index contributed by atoms with van der Waals surface area (Å²) in [5, 5.41) is 12.6. The molecule has 5 heteroatoms. The Balaban J connectivity index is 2.22. The van der Waals surface area contributed by atoms with Gasteiger partial charge in [0.1, 0.15) is 17.1 Å². The molecule has 0 aliphatic heterocycles. The second-order valence-electron chi connectivity index (χ2n) is 5.31. The van der Waals surface area contributed by atoms with Crippen molar-refractivity contribution < 1.29 is 10.0 Å². The largest absolute Gasteiger partial charge is 0.410 e. The second kappa shape index (κ2) is 4.59. The summed E-state index contributed by atoms with van der Waals surface area (Å²) in [7, 11) is 0. The number of oxime groups is 1. The summed E-state index contributed by atoms with van der Waals surface area (Å²) in [5.74, 6) is 0.328. The summed E-state index contributed by atoms with van der Waals surface area (Å²) in [6.45, 7) is 4.86. The van der Waals surface area contributed by atoms with E-state index in [1.807, 2.05) is 10.6 Å². The molecule has 1 aromatic heterocycles. The van der Waals surface area contributed by atoms with Crippen LogP contribution in [0.15, 0.2) is 35.7 Å². The Morgan fingerprint density at radius 1 is 1.30 bits per heavy atom. The van der Waals surface area contributed by atoms with Gasteiger partial charge in [-0.2, -0.15) is 0 Å². The van der Waals surface area contributed by atoms with E-state index in [1.54, 1.807) is 24.5 Å². The van der Waals surface area contributed by atoms with Gasteiger partial charge in [-0.3, -0.25) is 4.79 Å². The third-order valence-electron chi connectivity index (χ3n) is 3.37. The number of hydrogen-bond acceptors (Lipinski definition) is 4. The van der Waals surface area contributed by atoms with Gasteiger partial charge in [-0.25, -0.2) is 4.98 Å². The van der Waals surface area contributed by atoms with Crippen LogP contribution in [0.2, 0.25) is 0 Å². The molecule has 5 nitrogen and oxygen atoms in total. The Hall–Kier alpha value is -2.43. The van der Waals surface area contributed by atoms with Gasteiger partial charge in [-0.05, 0) is 5.92 Å². The normalized spacial score (nSPS) is 15.6. The molecule has 0 bridgehead atoms. The van der Waals surface area contributed by atoms with Crippen LogP contribution in [-0.2, 0) is 6.54 Å². The minimum Gasteiger partial charge on any atom is -0.410 e. The van der Waals surface area contributed by atoms with E-state index in [1.165, 1.54) is 0 Å². The van der Waals surface area contributed by atoms with Gasteiger partial charge in [0.05, 0.1) is 6.33 Å². The average molecular weight is 269 g/mol. The van der Waals surface area contributed by atoms with Gasteiger partial charge in [0.15, 0.2) is 0 Å². The topological polar surface area (TPSA) is 67.5 Å². The van der Waals surface area contributed by atoms with E-state index in [2.05, 4.69) is 24.0 Å². The molecule has 0 atom stereocenters. The number of imidazole rings is 1. The standard InChI is InChI=1S/C15H15N3O2/c1-9(2)7-18-8-16-13-12(17-20)10-5-3-4-6-11(10)15(19)14(13)18/h3-6,8-9,20H,7H2,1-2H3. The first kappa shape index (κ1) is 12.6. The van der Waals surface area contributed by atoms with Gasteiger partial charge in [0.2, 0.25) is 5.78 Å². The van der Waals surface area contributed by atoms with Crippen LogP contribution >= 0.6 is 0 Å². The molecule has 0 radical (unpaired) electrons. The van der Waals surface area contributed by atoms with Crippen LogP contribution in [0.25, 0.3) is 0 Å². The molecule has 3 rings (SSSR count). The van der Waals surface area contributed by atoms with Gasteiger partial charge in [0.25, 0.3) is 0 Å². The Morgan fingerprint density at radius 3 is 2.65 bits per heavy atom. The van der Waals surface area contributed by atoms with Crippen molar-refractivity contribution in [2.24, 2.45) is 11.1 Å². The lowest BCUT2D eigenvalue weighted by Gasteiger charge is -2.18. The van der Waals surface area contributed by atoms with Crippen molar-refractivity contribution in [1.82, 2.24) is 9.55 Å². The molecule has 1 aliphatic rings. The predicted molar refractivity (Wildman–Crippen MR) is 74.4 cm³/mol. The number of rotatable bonds is 2.